The van der Waals surface area contributed by atoms with Crippen molar-refractivity contribution in [2.24, 2.45) is 0 Å². The van der Waals surface area contributed by atoms with Gasteiger partial charge in [0.15, 0.2) is 29.6 Å². The number of nitrogens with zero attached hydrogens (tertiary/aromatic N) is 2. The molecule has 182 valence electrons. The second-order valence-corrected chi connectivity index (χ2v) is 7.33. The first-order valence-corrected chi connectivity index (χ1v) is 10.5. The summed E-state index contributed by atoms with van der Waals surface area (Å²) in [6.07, 6.45) is 0.594. The summed E-state index contributed by atoms with van der Waals surface area (Å²) in [4.78, 5) is 37.7. The number of nitro groups is 1. The number of carbonyl (C=O) groups excluding carboxylic acids is 2. The Balaban J connectivity index is 1.72. The van der Waals surface area contributed by atoms with Crippen molar-refractivity contribution in [2.75, 3.05) is 41.1 Å². The van der Waals surface area contributed by atoms with Gasteiger partial charge in [-0.25, -0.2) is 4.79 Å². The van der Waals surface area contributed by atoms with Crippen LogP contribution in [0.2, 0.25) is 0 Å². The summed E-state index contributed by atoms with van der Waals surface area (Å²) in [6.45, 7) is 2.14. The van der Waals surface area contributed by atoms with Crippen molar-refractivity contribution in [1.82, 2.24) is 4.90 Å². The Hall–Kier alpha value is -4.02. The molecule has 0 radical (unpaired) electrons. The Bertz CT molecular complexity index is 1100. The van der Waals surface area contributed by atoms with Gasteiger partial charge in [0, 0.05) is 19.2 Å². The fourth-order valence-corrected chi connectivity index (χ4v) is 3.68. The van der Waals surface area contributed by atoms with E-state index in [1.165, 1.54) is 20.3 Å². The number of esters is 1. The minimum Gasteiger partial charge on any atom is -0.493 e. The number of amides is 1. The minimum atomic E-state index is -1.01. The highest BCUT2D eigenvalue weighted by atomic mass is 16.6. The smallest absolute Gasteiger partial charge is 0.345 e. The average Bonchev–Trinajstić information content (AvgIpc) is 2.85. The fraction of sp³-hybridized carbons (Fsp3) is 0.391. The molecule has 1 amide bonds. The number of carbonyl (C=O) groups is 2. The number of nitro benzene ring substituents is 1. The Morgan fingerprint density at radius 3 is 2.18 bits per heavy atom. The van der Waals surface area contributed by atoms with Crippen molar-refractivity contribution in [3.8, 4) is 23.0 Å². The zero-order valence-electron chi connectivity index (χ0n) is 19.4. The molecule has 11 heteroatoms. The van der Waals surface area contributed by atoms with Crippen molar-refractivity contribution in [3.63, 3.8) is 0 Å². The molecule has 1 heterocycles. The largest absolute Gasteiger partial charge is 0.493 e. The molecule has 2 aromatic rings. The summed E-state index contributed by atoms with van der Waals surface area (Å²) in [5, 5.41) is 11.5. The lowest BCUT2D eigenvalue weighted by Crippen LogP contribution is -2.38. The molecule has 0 spiro atoms. The van der Waals surface area contributed by atoms with E-state index in [4.69, 9.17) is 23.7 Å². The molecule has 0 fully saturated rings. The Morgan fingerprint density at radius 2 is 1.59 bits per heavy atom. The lowest BCUT2D eigenvalue weighted by Gasteiger charge is -2.29. The zero-order chi connectivity index (χ0) is 24.8. The van der Waals surface area contributed by atoms with E-state index in [1.807, 2.05) is 12.1 Å². The van der Waals surface area contributed by atoms with Gasteiger partial charge < -0.3 is 28.6 Å². The summed E-state index contributed by atoms with van der Waals surface area (Å²) < 4.78 is 26.3. The van der Waals surface area contributed by atoms with Crippen LogP contribution >= 0.6 is 0 Å². The van der Waals surface area contributed by atoms with Crippen LogP contribution in [0, 0.1) is 10.1 Å². The van der Waals surface area contributed by atoms with E-state index in [9.17, 15) is 19.7 Å². The highest BCUT2D eigenvalue weighted by molar-refractivity contribution is 5.96. The van der Waals surface area contributed by atoms with E-state index in [1.54, 1.807) is 18.9 Å². The lowest BCUT2D eigenvalue weighted by atomic mass is 9.99. The van der Waals surface area contributed by atoms with Gasteiger partial charge in [-0.1, -0.05) is 0 Å². The van der Waals surface area contributed by atoms with E-state index in [2.05, 4.69) is 0 Å². The standard InChI is InChI=1S/C23H26N2O9/c1-5-33-21-11-17(25(28)29)16(10-20(21)32-4)23(27)34-13-22(26)24-7-6-14-8-18(30-2)19(31-3)9-15(14)12-24/h8-11H,5-7,12-13H2,1-4H3. The molecule has 0 atom stereocenters. The maximum Gasteiger partial charge on any atom is 0.345 e. The van der Waals surface area contributed by atoms with Gasteiger partial charge in [0.1, 0.15) is 5.56 Å². The second-order valence-electron chi connectivity index (χ2n) is 7.33. The van der Waals surface area contributed by atoms with Crippen molar-refractivity contribution < 1.29 is 38.2 Å². The van der Waals surface area contributed by atoms with Gasteiger partial charge in [-0.15, -0.1) is 0 Å². The summed E-state index contributed by atoms with van der Waals surface area (Å²) in [7, 11) is 4.44. The summed E-state index contributed by atoms with van der Waals surface area (Å²) in [5.41, 5.74) is 1.10. The topological polar surface area (TPSA) is 127 Å². The van der Waals surface area contributed by atoms with Gasteiger partial charge in [-0.2, -0.15) is 0 Å². The molecule has 3 rings (SSSR count). The van der Waals surface area contributed by atoms with E-state index in [-0.39, 0.29) is 23.7 Å². The van der Waals surface area contributed by atoms with E-state index in [0.29, 0.717) is 31.0 Å². The molecule has 2 aromatic carbocycles. The van der Waals surface area contributed by atoms with Crippen LogP contribution in [0.3, 0.4) is 0 Å². The highest BCUT2D eigenvalue weighted by Crippen LogP contribution is 2.35. The van der Waals surface area contributed by atoms with Gasteiger partial charge in [0.05, 0.1) is 38.9 Å². The molecule has 1 aliphatic rings. The monoisotopic (exact) mass is 474 g/mol. The Morgan fingerprint density at radius 1 is 0.971 bits per heavy atom. The summed E-state index contributed by atoms with van der Waals surface area (Å²) >= 11 is 0. The number of ether oxygens (including phenoxy) is 5. The number of hydrogen-bond acceptors (Lipinski definition) is 9. The maximum atomic E-state index is 12.7. The Labute approximate surface area is 196 Å². The van der Waals surface area contributed by atoms with Gasteiger partial charge in [-0.3, -0.25) is 14.9 Å². The first kappa shape index (κ1) is 24.6. The number of methoxy groups -OCH3 is 3. The fourth-order valence-electron chi connectivity index (χ4n) is 3.68. The molecule has 0 bridgehead atoms. The normalized spacial score (nSPS) is 12.4. The third-order valence-electron chi connectivity index (χ3n) is 5.40. The minimum absolute atomic E-state index is 0.128. The molecule has 0 unspecified atom stereocenters. The van der Waals surface area contributed by atoms with Crippen LogP contribution in [-0.4, -0.2) is 62.8 Å². The first-order chi connectivity index (χ1) is 16.3. The van der Waals surface area contributed by atoms with Crippen LogP contribution in [0.25, 0.3) is 0 Å². The van der Waals surface area contributed by atoms with Gasteiger partial charge in [-0.05, 0) is 36.6 Å². The molecule has 34 heavy (non-hydrogen) atoms. The molecular formula is C23H26N2O9. The molecular weight excluding hydrogens is 448 g/mol. The maximum absolute atomic E-state index is 12.7. The molecule has 0 aromatic heterocycles. The van der Waals surface area contributed by atoms with E-state index < -0.39 is 29.1 Å². The SMILES string of the molecule is CCOc1cc([N+](=O)[O-])c(C(=O)OCC(=O)N2CCc3cc(OC)c(OC)cc3C2)cc1OC. The van der Waals surface area contributed by atoms with Crippen molar-refractivity contribution in [3.05, 3.63) is 51.1 Å². The number of fused-ring (bicyclic) bond motifs is 1. The quantitative estimate of drug-likeness (QED) is 0.306. The predicted molar refractivity (Wildman–Crippen MR) is 120 cm³/mol. The van der Waals surface area contributed by atoms with Gasteiger partial charge in [0.25, 0.3) is 11.6 Å². The van der Waals surface area contributed by atoms with E-state index in [0.717, 1.165) is 17.2 Å². The van der Waals surface area contributed by atoms with Crippen LogP contribution in [-0.2, 0) is 22.5 Å². The van der Waals surface area contributed by atoms with Crippen LogP contribution < -0.4 is 18.9 Å². The number of hydrogen-bond donors (Lipinski definition) is 0. The third kappa shape index (κ3) is 5.13. The average molecular weight is 474 g/mol. The zero-order valence-corrected chi connectivity index (χ0v) is 19.4. The first-order valence-electron chi connectivity index (χ1n) is 10.5. The van der Waals surface area contributed by atoms with Crippen LogP contribution in [0.4, 0.5) is 5.69 Å². The van der Waals surface area contributed by atoms with Crippen LogP contribution in [0.5, 0.6) is 23.0 Å². The summed E-state index contributed by atoms with van der Waals surface area (Å²) in [6, 6.07) is 5.97. The summed E-state index contributed by atoms with van der Waals surface area (Å²) in [5.74, 6) is 0.00623. The van der Waals surface area contributed by atoms with Gasteiger partial charge >= 0.3 is 5.97 Å². The molecule has 0 saturated heterocycles. The lowest BCUT2D eigenvalue weighted by molar-refractivity contribution is -0.385. The molecule has 0 N–H and O–H groups in total. The highest BCUT2D eigenvalue weighted by Gasteiger charge is 2.28. The predicted octanol–water partition coefficient (Wildman–Crippen LogP) is 2.76. The third-order valence-corrected chi connectivity index (χ3v) is 5.40. The van der Waals surface area contributed by atoms with Crippen molar-refractivity contribution >= 4 is 17.6 Å². The van der Waals surface area contributed by atoms with Crippen LogP contribution in [0.15, 0.2) is 24.3 Å². The number of rotatable bonds is 9. The number of benzene rings is 2. The second kappa shape index (κ2) is 10.7. The molecule has 11 nitrogen and oxygen atoms in total. The van der Waals surface area contributed by atoms with Crippen molar-refractivity contribution in [1.29, 1.82) is 0 Å². The Kier molecular flexibility index (Phi) is 7.77. The molecule has 1 aliphatic heterocycles. The van der Waals surface area contributed by atoms with Crippen molar-refractivity contribution in [2.45, 2.75) is 19.9 Å². The molecule has 0 saturated carbocycles. The van der Waals surface area contributed by atoms with Crippen LogP contribution in [0.1, 0.15) is 28.4 Å². The van der Waals surface area contributed by atoms with E-state index >= 15 is 0 Å². The molecule has 0 aliphatic carbocycles. The van der Waals surface area contributed by atoms with Gasteiger partial charge in [0.2, 0.25) is 0 Å².